The number of hydroxylamine groups is 1. The maximum absolute atomic E-state index is 9.68. The van der Waals surface area contributed by atoms with E-state index in [1.807, 2.05) is 11.6 Å². The van der Waals surface area contributed by atoms with E-state index in [0.29, 0.717) is 0 Å². The Labute approximate surface area is 134 Å². The van der Waals surface area contributed by atoms with Crippen molar-refractivity contribution in [3.63, 3.8) is 0 Å². The highest BCUT2D eigenvalue weighted by molar-refractivity contribution is 7.13. The van der Waals surface area contributed by atoms with E-state index >= 15 is 0 Å². The van der Waals surface area contributed by atoms with Crippen LogP contribution < -0.4 is 5.48 Å². The summed E-state index contributed by atoms with van der Waals surface area (Å²) in [5.74, 6) is 0. The Bertz CT molecular complexity index is 591. The molecular weight excluding hydrogens is 298 g/mol. The van der Waals surface area contributed by atoms with Crippen LogP contribution in [0.1, 0.15) is 18.0 Å². The molecule has 0 radical (unpaired) electrons. The average molecular weight is 319 g/mol. The molecule has 5 nitrogen and oxygen atoms in total. The molecule has 0 bridgehead atoms. The molecule has 1 aromatic carbocycles. The predicted molar refractivity (Wildman–Crippen MR) is 87.5 cm³/mol. The summed E-state index contributed by atoms with van der Waals surface area (Å²) in [5, 5.41) is 12.7. The highest BCUT2D eigenvalue weighted by Gasteiger charge is 2.24. The molecule has 2 atom stereocenters. The minimum Gasteiger partial charge on any atom is -0.392 e. The van der Waals surface area contributed by atoms with Gasteiger partial charge >= 0.3 is 0 Å². The smallest absolute Gasteiger partial charge is 0.123 e. The van der Waals surface area contributed by atoms with Crippen molar-refractivity contribution in [3.05, 3.63) is 41.4 Å². The molecule has 1 fully saturated rings. The molecule has 0 amide bonds. The zero-order valence-corrected chi connectivity index (χ0v) is 13.4. The van der Waals surface area contributed by atoms with Crippen LogP contribution in [0.25, 0.3) is 10.6 Å². The molecule has 22 heavy (non-hydrogen) atoms. The van der Waals surface area contributed by atoms with Gasteiger partial charge in [0.25, 0.3) is 0 Å². The normalized spacial score (nSPS) is 20.4. The van der Waals surface area contributed by atoms with Crippen LogP contribution in [0.4, 0.5) is 0 Å². The fraction of sp³-hybridized carbons (Fsp3) is 0.438. The number of nitrogens with one attached hydrogen (secondary N) is 1. The largest absolute Gasteiger partial charge is 0.392 e. The summed E-state index contributed by atoms with van der Waals surface area (Å²) in [4.78, 5) is 11.8. The number of aromatic nitrogens is 1. The summed E-state index contributed by atoms with van der Waals surface area (Å²) in [7, 11) is 1.64. The van der Waals surface area contributed by atoms with E-state index in [-0.39, 0.29) is 12.1 Å². The van der Waals surface area contributed by atoms with Crippen LogP contribution in [-0.4, -0.2) is 47.8 Å². The molecule has 1 aromatic heterocycles. The van der Waals surface area contributed by atoms with Gasteiger partial charge in [-0.1, -0.05) is 18.2 Å². The maximum Gasteiger partial charge on any atom is 0.123 e. The number of β-amino-alcohol motifs (C(OH)–C–C–N with tert-alkyl or cyclic N) is 1. The van der Waals surface area contributed by atoms with Crippen molar-refractivity contribution in [2.75, 3.05) is 26.7 Å². The summed E-state index contributed by atoms with van der Waals surface area (Å²) in [6.45, 7) is 2.47. The lowest BCUT2D eigenvalue weighted by Crippen LogP contribution is -2.34. The van der Waals surface area contributed by atoms with Gasteiger partial charge in [0, 0.05) is 36.8 Å². The standard InChI is InChI=1S/C16H21N3O2S/c1-21-18-15(11-19-7-5-14(20)10-19)12-3-2-4-13(9-12)16-17-6-8-22-16/h2-4,6,8-9,14-15,18,20H,5,7,10-11H2,1H3/t14-,15+/m0/s1. The number of benzene rings is 1. The van der Waals surface area contributed by atoms with Crippen molar-refractivity contribution in [2.24, 2.45) is 0 Å². The summed E-state index contributed by atoms with van der Waals surface area (Å²) < 4.78 is 0. The molecule has 3 rings (SSSR count). The number of aliphatic hydroxyl groups excluding tert-OH is 1. The lowest BCUT2D eigenvalue weighted by atomic mass is 10.0. The monoisotopic (exact) mass is 319 g/mol. The van der Waals surface area contributed by atoms with Gasteiger partial charge in [-0.2, -0.15) is 5.48 Å². The number of thiazole rings is 1. The lowest BCUT2D eigenvalue weighted by Gasteiger charge is -2.24. The van der Waals surface area contributed by atoms with Crippen molar-refractivity contribution in [2.45, 2.75) is 18.6 Å². The third kappa shape index (κ3) is 3.71. The van der Waals surface area contributed by atoms with E-state index in [2.05, 4.69) is 39.6 Å². The molecule has 118 valence electrons. The highest BCUT2D eigenvalue weighted by Crippen LogP contribution is 2.26. The van der Waals surface area contributed by atoms with E-state index in [0.717, 1.165) is 42.2 Å². The van der Waals surface area contributed by atoms with Crippen LogP contribution in [0.15, 0.2) is 35.8 Å². The van der Waals surface area contributed by atoms with Gasteiger partial charge in [-0.3, -0.25) is 4.90 Å². The van der Waals surface area contributed by atoms with Crippen LogP contribution in [0, 0.1) is 0 Å². The minimum atomic E-state index is -0.204. The van der Waals surface area contributed by atoms with E-state index < -0.39 is 0 Å². The lowest BCUT2D eigenvalue weighted by molar-refractivity contribution is 0.0477. The highest BCUT2D eigenvalue weighted by atomic mass is 32.1. The fourth-order valence-electron chi connectivity index (χ4n) is 2.84. The molecule has 1 saturated heterocycles. The van der Waals surface area contributed by atoms with E-state index in [9.17, 15) is 5.11 Å². The summed E-state index contributed by atoms with van der Waals surface area (Å²) in [6, 6.07) is 8.44. The molecule has 2 aromatic rings. The van der Waals surface area contributed by atoms with Gasteiger partial charge in [0.2, 0.25) is 0 Å². The third-order valence-electron chi connectivity index (χ3n) is 3.92. The second-order valence-electron chi connectivity index (χ2n) is 5.54. The molecule has 2 N–H and O–H groups in total. The van der Waals surface area contributed by atoms with Gasteiger partial charge in [0.05, 0.1) is 19.3 Å². The molecule has 0 spiro atoms. The Kier molecular flexibility index (Phi) is 5.17. The predicted octanol–water partition coefficient (Wildman–Crippen LogP) is 2.07. The second kappa shape index (κ2) is 7.30. The number of rotatable bonds is 6. The average Bonchev–Trinajstić information content (AvgIpc) is 3.19. The van der Waals surface area contributed by atoms with Crippen LogP contribution in [0.2, 0.25) is 0 Å². The van der Waals surface area contributed by atoms with Gasteiger partial charge < -0.3 is 9.94 Å². The first-order chi connectivity index (χ1) is 10.8. The number of nitrogens with zero attached hydrogens (tertiary/aromatic N) is 2. The van der Waals surface area contributed by atoms with Crippen molar-refractivity contribution in [1.82, 2.24) is 15.4 Å². The Morgan fingerprint density at radius 3 is 3.14 bits per heavy atom. The van der Waals surface area contributed by atoms with Crippen LogP contribution in [0.3, 0.4) is 0 Å². The molecule has 1 aliphatic rings. The summed E-state index contributed by atoms with van der Waals surface area (Å²) in [5.41, 5.74) is 5.36. The molecule has 2 heterocycles. The number of aliphatic hydroxyl groups is 1. The van der Waals surface area contributed by atoms with E-state index in [1.54, 1.807) is 18.4 Å². The molecule has 0 unspecified atom stereocenters. The Hall–Kier alpha value is -1.31. The maximum atomic E-state index is 9.68. The molecular formula is C16H21N3O2S. The summed E-state index contributed by atoms with van der Waals surface area (Å²) in [6.07, 6.45) is 2.46. The third-order valence-corrected chi connectivity index (χ3v) is 4.74. The first-order valence-electron chi connectivity index (χ1n) is 7.45. The van der Waals surface area contributed by atoms with Crippen molar-refractivity contribution < 1.29 is 9.94 Å². The van der Waals surface area contributed by atoms with Gasteiger partial charge in [0.1, 0.15) is 5.01 Å². The number of likely N-dealkylation sites (tertiary alicyclic amines) is 1. The molecule has 6 heteroatoms. The first kappa shape index (κ1) is 15.6. The van der Waals surface area contributed by atoms with Gasteiger partial charge in [-0.25, -0.2) is 4.98 Å². The Morgan fingerprint density at radius 1 is 1.55 bits per heavy atom. The van der Waals surface area contributed by atoms with E-state index in [1.165, 1.54) is 0 Å². The number of hydrogen-bond donors (Lipinski definition) is 2. The van der Waals surface area contributed by atoms with Crippen LogP contribution in [-0.2, 0) is 4.84 Å². The van der Waals surface area contributed by atoms with Crippen molar-refractivity contribution >= 4 is 11.3 Å². The fourth-order valence-corrected chi connectivity index (χ4v) is 3.48. The summed E-state index contributed by atoms with van der Waals surface area (Å²) >= 11 is 1.64. The van der Waals surface area contributed by atoms with E-state index in [4.69, 9.17) is 4.84 Å². The molecule has 1 aliphatic heterocycles. The van der Waals surface area contributed by atoms with Crippen LogP contribution in [0.5, 0.6) is 0 Å². The minimum absolute atomic E-state index is 0.0650. The van der Waals surface area contributed by atoms with Gasteiger partial charge in [0.15, 0.2) is 0 Å². The Balaban J connectivity index is 1.77. The number of hydrogen-bond acceptors (Lipinski definition) is 6. The van der Waals surface area contributed by atoms with Crippen molar-refractivity contribution in [3.8, 4) is 10.6 Å². The van der Waals surface area contributed by atoms with Gasteiger partial charge in [-0.05, 0) is 18.1 Å². The zero-order valence-electron chi connectivity index (χ0n) is 12.6. The quantitative estimate of drug-likeness (QED) is 0.798. The van der Waals surface area contributed by atoms with Crippen molar-refractivity contribution in [1.29, 1.82) is 0 Å². The molecule has 0 aliphatic carbocycles. The topological polar surface area (TPSA) is 57.6 Å². The van der Waals surface area contributed by atoms with Gasteiger partial charge in [-0.15, -0.1) is 11.3 Å². The SMILES string of the molecule is CON[C@H](CN1CC[C@H](O)C1)c1cccc(-c2nccs2)c1. The van der Waals surface area contributed by atoms with Crippen LogP contribution >= 0.6 is 11.3 Å². The molecule has 0 saturated carbocycles. The Morgan fingerprint density at radius 2 is 2.45 bits per heavy atom. The second-order valence-corrected chi connectivity index (χ2v) is 6.43. The first-order valence-corrected chi connectivity index (χ1v) is 8.33. The zero-order chi connectivity index (χ0) is 15.4.